The van der Waals surface area contributed by atoms with Gasteiger partial charge in [-0.05, 0) is 38.6 Å². The number of aromatic nitrogens is 2. The number of hydrogen-bond acceptors (Lipinski definition) is 5. The maximum absolute atomic E-state index is 12.6. The van der Waals surface area contributed by atoms with E-state index in [1.165, 1.54) is 18.6 Å². The third kappa shape index (κ3) is 5.56. The lowest BCUT2D eigenvalue weighted by Crippen LogP contribution is -2.44. The van der Waals surface area contributed by atoms with Crippen LogP contribution < -0.4 is 16.6 Å². The van der Waals surface area contributed by atoms with Crippen LogP contribution >= 0.6 is 0 Å². The van der Waals surface area contributed by atoms with Gasteiger partial charge in [-0.15, -0.1) is 0 Å². The van der Waals surface area contributed by atoms with Crippen LogP contribution in [0.2, 0.25) is 0 Å². The molecule has 7 nitrogen and oxygen atoms in total. The monoisotopic (exact) mass is 334 g/mol. The number of unbranched alkanes of at least 4 members (excludes halogenated alkanes) is 1. The van der Waals surface area contributed by atoms with E-state index in [0.29, 0.717) is 13.0 Å². The number of Topliss-reactive ketones (excluding diaryl/α,β-unsaturated/α-hetero) is 1. The second kappa shape index (κ2) is 9.32. The van der Waals surface area contributed by atoms with Crippen LogP contribution in [0, 0.1) is 5.92 Å². The summed E-state index contributed by atoms with van der Waals surface area (Å²) in [5, 5.41) is 2.92. The molecule has 1 fully saturated rings. The maximum Gasteiger partial charge on any atom is 0.272 e. The molecule has 3 N–H and O–H groups in total. The Hall–Kier alpha value is -2.02. The lowest BCUT2D eigenvalue weighted by molar-refractivity contribution is -0.130. The molecule has 1 aromatic rings. The van der Waals surface area contributed by atoms with Crippen molar-refractivity contribution in [2.45, 2.75) is 57.5 Å². The molecule has 0 radical (unpaired) electrons. The van der Waals surface area contributed by atoms with Gasteiger partial charge in [0.15, 0.2) is 5.78 Å². The predicted octanol–water partition coefficient (Wildman–Crippen LogP) is 0.616. The van der Waals surface area contributed by atoms with Gasteiger partial charge in [0.05, 0.1) is 18.9 Å². The maximum atomic E-state index is 12.6. The minimum Gasteiger partial charge on any atom is -0.346 e. The van der Waals surface area contributed by atoms with Gasteiger partial charge in [-0.1, -0.05) is 12.8 Å². The van der Waals surface area contributed by atoms with E-state index in [1.54, 1.807) is 4.57 Å². The van der Waals surface area contributed by atoms with Gasteiger partial charge in [0.1, 0.15) is 0 Å². The lowest BCUT2D eigenvalue weighted by atomic mass is 10.0. The van der Waals surface area contributed by atoms with E-state index in [-0.39, 0.29) is 29.7 Å². The summed E-state index contributed by atoms with van der Waals surface area (Å²) in [6.07, 6.45) is 9.03. The van der Waals surface area contributed by atoms with Gasteiger partial charge in [-0.3, -0.25) is 14.4 Å². The van der Waals surface area contributed by atoms with E-state index in [2.05, 4.69) is 10.3 Å². The summed E-state index contributed by atoms with van der Waals surface area (Å²) in [4.78, 5) is 39.6. The van der Waals surface area contributed by atoms with E-state index in [1.807, 2.05) is 0 Å². The molecule has 1 aliphatic carbocycles. The Balaban J connectivity index is 1.97. The van der Waals surface area contributed by atoms with Gasteiger partial charge >= 0.3 is 0 Å². The molecule has 0 bridgehead atoms. The number of hydrogen-bond donors (Lipinski definition) is 2. The summed E-state index contributed by atoms with van der Waals surface area (Å²) in [6.45, 7) is 0.659. The molecule has 1 aliphatic rings. The zero-order valence-corrected chi connectivity index (χ0v) is 13.9. The Morgan fingerprint density at radius 2 is 2.08 bits per heavy atom. The van der Waals surface area contributed by atoms with E-state index < -0.39 is 6.04 Å². The number of carbonyl (C=O) groups is 2. The Bertz CT molecular complexity index is 588. The third-order valence-electron chi connectivity index (χ3n) is 4.46. The van der Waals surface area contributed by atoms with Crippen molar-refractivity contribution in [1.29, 1.82) is 0 Å². The van der Waals surface area contributed by atoms with Crippen molar-refractivity contribution < 1.29 is 9.59 Å². The number of nitrogens with zero attached hydrogens (tertiary/aromatic N) is 2. The first-order chi connectivity index (χ1) is 11.6. The Kier molecular flexibility index (Phi) is 7.11. The van der Waals surface area contributed by atoms with Crippen LogP contribution in [0.5, 0.6) is 0 Å². The lowest BCUT2D eigenvalue weighted by Gasteiger charge is -2.20. The fourth-order valence-electron chi connectivity index (χ4n) is 3.04. The van der Waals surface area contributed by atoms with Gasteiger partial charge in [0.2, 0.25) is 5.91 Å². The van der Waals surface area contributed by atoms with Crippen LogP contribution in [0.3, 0.4) is 0 Å². The van der Waals surface area contributed by atoms with Crippen LogP contribution in [0.1, 0.15) is 44.9 Å². The molecule has 1 aromatic heterocycles. The van der Waals surface area contributed by atoms with Crippen LogP contribution in [0.15, 0.2) is 23.4 Å². The third-order valence-corrected chi connectivity index (χ3v) is 4.46. The second-order valence-corrected chi connectivity index (χ2v) is 6.36. The largest absolute Gasteiger partial charge is 0.346 e. The molecule has 1 amide bonds. The number of rotatable bonds is 9. The second-order valence-electron chi connectivity index (χ2n) is 6.36. The van der Waals surface area contributed by atoms with Crippen molar-refractivity contribution in [2.75, 3.05) is 6.54 Å². The number of amides is 1. The SMILES string of the molecule is NCCCC[C@H](NC(=O)C1CCCC1)C(=O)Cn1ccc(=O)nc1. The quantitative estimate of drug-likeness (QED) is 0.644. The summed E-state index contributed by atoms with van der Waals surface area (Å²) in [7, 11) is 0. The number of carbonyl (C=O) groups excluding carboxylic acids is 2. The molecule has 7 heteroatoms. The van der Waals surface area contributed by atoms with Gasteiger partial charge < -0.3 is 15.6 Å². The van der Waals surface area contributed by atoms with Crippen molar-refractivity contribution >= 4 is 11.7 Å². The molecule has 1 atom stereocenters. The normalized spacial score (nSPS) is 16.0. The van der Waals surface area contributed by atoms with Crippen molar-refractivity contribution in [2.24, 2.45) is 11.7 Å². The van der Waals surface area contributed by atoms with Crippen molar-refractivity contribution in [3.63, 3.8) is 0 Å². The molecular formula is C17H26N4O3. The molecule has 1 heterocycles. The standard InChI is InChI=1S/C17H26N4O3/c18-9-4-3-7-14(20-17(24)13-5-1-2-6-13)15(22)11-21-10-8-16(23)19-12-21/h8,10,12-14H,1-7,9,11,18H2,(H,20,24)/t14-/m0/s1. The smallest absolute Gasteiger partial charge is 0.272 e. The Morgan fingerprint density at radius 1 is 1.33 bits per heavy atom. The van der Waals surface area contributed by atoms with Crippen molar-refractivity contribution in [3.8, 4) is 0 Å². The highest BCUT2D eigenvalue weighted by Crippen LogP contribution is 2.25. The minimum atomic E-state index is -0.510. The minimum absolute atomic E-state index is 0.0170. The van der Waals surface area contributed by atoms with Gasteiger partial charge in [0.25, 0.3) is 5.56 Å². The van der Waals surface area contributed by atoms with E-state index in [9.17, 15) is 14.4 Å². The molecule has 2 rings (SSSR count). The first-order valence-electron chi connectivity index (χ1n) is 8.65. The molecule has 0 aromatic carbocycles. The van der Waals surface area contributed by atoms with Crippen molar-refractivity contribution in [3.05, 3.63) is 28.9 Å². The molecule has 0 spiro atoms. The number of nitrogens with two attached hydrogens (primary N) is 1. The van der Waals surface area contributed by atoms with Gasteiger partial charge in [0, 0.05) is 18.2 Å². The molecule has 0 saturated heterocycles. The first-order valence-corrected chi connectivity index (χ1v) is 8.65. The summed E-state index contributed by atoms with van der Waals surface area (Å²) in [6, 6.07) is 0.803. The van der Waals surface area contributed by atoms with Crippen molar-refractivity contribution in [1.82, 2.24) is 14.9 Å². The van der Waals surface area contributed by atoms with Gasteiger partial charge in [-0.25, -0.2) is 0 Å². The van der Waals surface area contributed by atoms with Crippen LogP contribution in [0.25, 0.3) is 0 Å². The summed E-state index contributed by atoms with van der Waals surface area (Å²) in [5.41, 5.74) is 5.18. The molecule has 132 valence electrons. The van der Waals surface area contributed by atoms with Gasteiger partial charge in [-0.2, -0.15) is 4.98 Å². The van der Waals surface area contributed by atoms with E-state index >= 15 is 0 Å². The van der Waals surface area contributed by atoms with E-state index in [0.717, 1.165) is 38.5 Å². The van der Waals surface area contributed by atoms with E-state index in [4.69, 9.17) is 5.73 Å². The summed E-state index contributed by atoms with van der Waals surface area (Å²) >= 11 is 0. The van der Waals surface area contributed by atoms with Crippen LogP contribution in [-0.4, -0.2) is 33.8 Å². The number of ketones is 1. The number of nitrogens with one attached hydrogen (secondary N) is 1. The Labute approximate surface area is 141 Å². The Morgan fingerprint density at radius 3 is 2.71 bits per heavy atom. The fourth-order valence-corrected chi connectivity index (χ4v) is 3.04. The molecule has 24 heavy (non-hydrogen) atoms. The zero-order chi connectivity index (χ0) is 17.4. The average molecular weight is 334 g/mol. The fraction of sp³-hybridized carbons (Fsp3) is 0.647. The molecule has 0 unspecified atom stereocenters. The van der Waals surface area contributed by atoms with Crippen LogP contribution in [-0.2, 0) is 16.1 Å². The predicted molar refractivity (Wildman–Crippen MR) is 90.3 cm³/mol. The molecule has 0 aliphatic heterocycles. The molecule has 1 saturated carbocycles. The summed E-state index contributed by atoms with van der Waals surface area (Å²) < 4.78 is 1.56. The average Bonchev–Trinajstić information content (AvgIpc) is 3.10. The molecular weight excluding hydrogens is 308 g/mol. The first kappa shape index (κ1) is 18.3. The topological polar surface area (TPSA) is 107 Å². The zero-order valence-electron chi connectivity index (χ0n) is 13.9. The highest BCUT2D eigenvalue weighted by molar-refractivity contribution is 5.89. The van der Waals surface area contributed by atoms with Crippen LogP contribution in [0.4, 0.5) is 0 Å². The highest BCUT2D eigenvalue weighted by Gasteiger charge is 2.27. The highest BCUT2D eigenvalue weighted by atomic mass is 16.2. The summed E-state index contributed by atoms with van der Waals surface area (Å²) in [5.74, 6) is -0.0654.